The van der Waals surface area contributed by atoms with Gasteiger partial charge in [-0.25, -0.2) is 4.79 Å². The lowest BCUT2D eigenvalue weighted by Crippen LogP contribution is -2.70. The van der Waals surface area contributed by atoms with E-state index in [9.17, 15) is 19.8 Å². The van der Waals surface area contributed by atoms with Crippen LogP contribution in [0, 0.1) is 17.8 Å². The molecule has 5 aromatic carbocycles. The second kappa shape index (κ2) is 21.9. The SMILES string of the molecule is C=CCOC12Oc3ccc(Oc4ccc(OC)c(C=O)c4)cc3C3C(CCCCO)C(CCCCO)C=C(C(=NOCc4ccccc4)CC1N(Cc1cccc4ccccc14)C(=O)OC)C32. The van der Waals surface area contributed by atoms with Gasteiger partial charge in [0.1, 0.15) is 35.6 Å². The van der Waals surface area contributed by atoms with E-state index in [1.165, 1.54) is 14.2 Å². The molecule has 6 atom stereocenters. The van der Waals surface area contributed by atoms with Crippen molar-refractivity contribution in [2.75, 3.05) is 34.0 Å². The summed E-state index contributed by atoms with van der Waals surface area (Å²) < 4.78 is 32.2. The molecule has 1 aliphatic heterocycles. The normalized spacial score (nSPS) is 22.1. The van der Waals surface area contributed by atoms with Crippen molar-refractivity contribution in [2.24, 2.45) is 22.9 Å². The quantitative estimate of drug-likeness (QED) is 0.0316. The maximum atomic E-state index is 14.6. The van der Waals surface area contributed by atoms with E-state index in [0.29, 0.717) is 47.1 Å². The van der Waals surface area contributed by atoms with Crippen LogP contribution in [0.2, 0.25) is 0 Å². The van der Waals surface area contributed by atoms with Gasteiger partial charge < -0.3 is 38.7 Å². The first-order chi connectivity index (χ1) is 32.9. The first-order valence-electron chi connectivity index (χ1n) is 23.2. The lowest BCUT2D eigenvalue weighted by molar-refractivity contribution is -0.256. The predicted molar refractivity (Wildman–Crippen MR) is 257 cm³/mol. The maximum Gasteiger partial charge on any atom is 0.410 e. The van der Waals surface area contributed by atoms with Crippen LogP contribution in [0.3, 0.4) is 0 Å². The van der Waals surface area contributed by atoms with Crippen molar-refractivity contribution in [3.05, 3.63) is 156 Å². The number of allylic oxidation sites excluding steroid dienone is 1. The number of unbranched alkanes of at least 4 members (excludes halogenated alkanes) is 2. The second-order valence-electron chi connectivity index (χ2n) is 17.4. The van der Waals surface area contributed by atoms with Gasteiger partial charge >= 0.3 is 6.09 Å². The lowest BCUT2D eigenvalue weighted by atomic mass is 9.55. The molecule has 1 saturated carbocycles. The zero-order chi connectivity index (χ0) is 46.8. The van der Waals surface area contributed by atoms with Gasteiger partial charge in [-0.3, -0.25) is 9.69 Å². The molecule has 0 bridgehead atoms. The fraction of sp³-hybridized carbons (Fsp3) is 0.364. The molecule has 1 amide bonds. The minimum absolute atomic E-state index is 0.0128. The molecule has 1 fully saturated rings. The Morgan fingerprint density at radius 3 is 2.40 bits per heavy atom. The molecule has 6 unspecified atom stereocenters. The number of methoxy groups -OCH3 is 2. The molecule has 2 N–H and O–H groups in total. The Labute approximate surface area is 392 Å². The average molecular weight is 909 g/mol. The number of carbonyl (C=O) groups is 2. The summed E-state index contributed by atoms with van der Waals surface area (Å²) >= 11 is 0. The molecule has 1 heterocycles. The van der Waals surface area contributed by atoms with E-state index in [2.05, 4.69) is 30.9 Å². The summed E-state index contributed by atoms with van der Waals surface area (Å²) in [7, 11) is 2.90. The van der Waals surface area contributed by atoms with Gasteiger partial charge in [0, 0.05) is 31.1 Å². The molecular weight excluding hydrogens is 849 g/mol. The number of rotatable bonds is 21. The number of aliphatic hydroxyl groups excluding tert-OH is 2. The number of nitrogens with zero attached hydrogens (tertiary/aromatic N) is 2. The number of aldehydes is 1. The zero-order valence-electron chi connectivity index (χ0n) is 38.3. The molecule has 8 rings (SSSR count). The summed E-state index contributed by atoms with van der Waals surface area (Å²) in [4.78, 5) is 34.6. The van der Waals surface area contributed by atoms with Gasteiger partial charge in [-0.1, -0.05) is 103 Å². The number of amides is 1. The smallest absolute Gasteiger partial charge is 0.410 e. The van der Waals surface area contributed by atoms with Crippen LogP contribution in [0.5, 0.6) is 23.0 Å². The molecule has 3 aliphatic rings. The van der Waals surface area contributed by atoms with Crippen LogP contribution in [-0.4, -0.2) is 79.1 Å². The van der Waals surface area contributed by atoms with E-state index in [-0.39, 0.29) is 57.1 Å². The van der Waals surface area contributed by atoms with Gasteiger partial charge in [0.25, 0.3) is 0 Å². The molecule has 350 valence electrons. The third kappa shape index (κ3) is 9.98. The van der Waals surface area contributed by atoms with Crippen molar-refractivity contribution in [1.82, 2.24) is 4.90 Å². The van der Waals surface area contributed by atoms with Crippen molar-refractivity contribution in [3.8, 4) is 23.0 Å². The summed E-state index contributed by atoms with van der Waals surface area (Å²) in [6.45, 7) is 4.71. The highest BCUT2D eigenvalue weighted by atomic mass is 16.7. The molecule has 12 nitrogen and oxygen atoms in total. The topological polar surface area (TPSA) is 146 Å². The molecule has 12 heteroatoms. The van der Waals surface area contributed by atoms with Crippen molar-refractivity contribution in [2.45, 2.75) is 75.8 Å². The molecule has 0 aromatic heterocycles. The fourth-order valence-corrected chi connectivity index (χ4v) is 10.5. The largest absolute Gasteiger partial charge is 0.496 e. The van der Waals surface area contributed by atoms with Crippen molar-refractivity contribution < 1.29 is 48.3 Å². The van der Waals surface area contributed by atoms with Crippen LogP contribution in [0.15, 0.2) is 139 Å². The maximum absolute atomic E-state index is 14.6. The molecule has 5 aromatic rings. The van der Waals surface area contributed by atoms with Crippen LogP contribution < -0.4 is 14.2 Å². The molecule has 67 heavy (non-hydrogen) atoms. The van der Waals surface area contributed by atoms with E-state index >= 15 is 0 Å². The molecule has 2 aliphatic carbocycles. The van der Waals surface area contributed by atoms with Gasteiger partial charge in [0.05, 0.1) is 44.6 Å². The Kier molecular flexibility index (Phi) is 15.4. The average Bonchev–Trinajstić information content (AvgIpc) is 3.36. The van der Waals surface area contributed by atoms with E-state index < -0.39 is 23.8 Å². The van der Waals surface area contributed by atoms with Gasteiger partial charge in [-0.2, -0.15) is 0 Å². The number of carbonyl (C=O) groups excluding carboxylic acids is 2. The number of oxime groups is 1. The van der Waals surface area contributed by atoms with Gasteiger partial charge in [-0.15, -0.1) is 6.58 Å². The van der Waals surface area contributed by atoms with Crippen LogP contribution in [0.4, 0.5) is 4.79 Å². The first-order valence-corrected chi connectivity index (χ1v) is 23.2. The van der Waals surface area contributed by atoms with Crippen LogP contribution in [-0.2, 0) is 27.5 Å². The van der Waals surface area contributed by atoms with Crippen LogP contribution >= 0.6 is 0 Å². The van der Waals surface area contributed by atoms with E-state index in [0.717, 1.165) is 65.0 Å². The Hall–Kier alpha value is -6.47. The Morgan fingerprint density at radius 2 is 1.64 bits per heavy atom. The third-order valence-corrected chi connectivity index (χ3v) is 13.5. The fourth-order valence-electron chi connectivity index (χ4n) is 10.5. The van der Waals surface area contributed by atoms with Crippen molar-refractivity contribution in [1.29, 1.82) is 0 Å². The monoisotopic (exact) mass is 908 g/mol. The lowest BCUT2D eigenvalue weighted by Gasteiger charge is -2.59. The van der Waals surface area contributed by atoms with E-state index in [1.54, 1.807) is 29.2 Å². The summed E-state index contributed by atoms with van der Waals surface area (Å²) in [5.41, 5.74) is 4.69. The number of fused-ring (bicyclic) bond motifs is 3. The molecule has 0 radical (unpaired) electrons. The van der Waals surface area contributed by atoms with E-state index in [1.807, 2.05) is 72.8 Å². The predicted octanol–water partition coefficient (Wildman–Crippen LogP) is 10.6. The summed E-state index contributed by atoms with van der Waals surface area (Å²) in [5, 5.41) is 27.1. The third-order valence-electron chi connectivity index (χ3n) is 13.5. The highest BCUT2D eigenvalue weighted by Gasteiger charge is 2.65. The van der Waals surface area contributed by atoms with E-state index in [4.69, 9.17) is 33.7 Å². The minimum atomic E-state index is -1.50. The second-order valence-corrected chi connectivity index (χ2v) is 17.4. The van der Waals surface area contributed by atoms with Crippen LogP contribution in [0.25, 0.3) is 10.8 Å². The summed E-state index contributed by atoms with van der Waals surface area (Å²) in [6, 6.07) is 34.1. The highest BCUT2D eigenvalue weighted by molar-refractivity contribution is 6.03. The van der Waals surface area contributed by atoms with Gasteiger partial charge in [-0.05, 0) is 101 Å². The molecular formula is C55H60N2O10. The minimum Gasteiger partial charge on any atom is -0.496 e. The van der Waals surface area contributed by atoms with Crippen molar-refractivity contribution in [3.63, 3.8) is 0 Å². The summed E-state index contributed by atoms with van der Waals surface area (Å²) in [6.07, 6.45) is 8.77. The standard InChI is InChI=1S/C55H60N2O10/c1-4-29-64-55-51(57(54(61)63-3)34-40-20-14-19-38-17-8-9-21-44(38)40)33-48(56-65-36-37-15-6-5-7-16-37)46-31-39(18-10-12-27-58)45(22-11-13-28-59)52(53(46)55)47-32-43(24-26-50(47)67-55)66-42-23-25-49(62-2)41(30-42)35-60/h4-9,14-17,19-21,23-26,30-32,35,39,45,51-53,58-59H,1,10-13,18,22,27-29,33-34,36H2,2-3H3. The Bertz CT molecular complexity index is 2570. The summed E-state index contributed by atoms with van der Waals surface area (Å²) in [5.74, 6) is -0.338. The molecule has 0 saturated heterocycles. The van der Waals surface area contributed by atoms with Gasteiger partial charge in [0.15, 0.2) is 6.29 Å². The van der Waals surface area contributed by atoms with Crippen LogP contribution in [0.1, 0.15) is 77.9 Å². The number of benzene rings is 5. The Morgan fingerprint density at radius 1 is 0.896 bits per heavy atom. The number of hydrogen-bond donors (Lipinski definition) is 2. The van der Waals surface area contributed by atoms with Gasteiger partial charge in [0.2, 0.25) is 5.79 Å². The highest BCUT2D eigenvalue weighted by Crippen LogP contribution is 2.62. The first kappa shape index (κ1) is 47.0. The molecule has 0 spiro atoms. The van der Waals surface area contributed by atoms with Crippen molar-refractivity contribution >= 4 is 28.9 Å². The zero-order valence-corrected chi connectivity index (χ0v) is 38.3. The number of aliphatic hydroxyl groups is 2. The Balaban J connectivity index is 1.34. The number of ether oxygens (including phenoxy) is 5. The number of hydrogen-bond acceptors (Lipinski definition) is 11.